The predicted molar refractivity (Wildman–Crippen MR) is 70.1 cm³/mol. The number of nitro groups is 1. The summed E-state index contributed by atoms with van der Waals surface area (Å²) in [6, 6.07) is 2.89. The molecule has 1 aromatic rings. The number of anilines is 2. The third-order valence-electron chi connectivity index (χ3n) is 3.22. The highest BCUT2D eigenvalue weighted by molar-refractivity contribution is 5.96. The van der Waals surface area contributed by atoms with Gasteiger partial charge in [-0.05, 0) is 12.5 Å². The number of hydrogen-bond acceptors (Lipinski definition) is 6. The molecule has 0 spiro atoms. The van der Waals surface area contributed by atoms with Crippen LogP contribution in [0.2, 0.25) is 0 Å². The summed E-state index contributed by atoms with van der Waals surface area (Å²) in [7, 11) is 0. The van der Waals surface area contributed by atoms with Gasteiger partial charge in [-0.2, -0.15) is 0 Å². The van der Waals surface area contributed by atoms with E-state index in [4.69, 9.17) is 9.47 Å². The van der Waals surface area contributed by atoms with Crippen molar-refractivity contribution >= 4 is 23.0 Å². The molecule has 1 saturated heterocycles. The van der Waals surface area contributed by atoms with Crippen LogP contribution in [0.3, 0.4) is 0 Å². The van der Waals surface area contributed by atoms with Gasteiger partial charge in [0.25, 0.3) is 11.6 Å². The van der Waals surface area contributed by atoms with Gasteiger partial charge in [-0.15, -0.1) is 0 Å². The van der Waals surface area contributed by atoms with Crippen molar-refractivity contribution in [2.45, 2.75) is 12.5 Å². The lowest BCUT2D eigenvalue weighted by molar-refractivity contribution is -0.384. The molecule has 8 heteroatoms. The molecule has 1 unspecified atom stereocenters. The molecule has 106 valence electrons. The van der Waals surface area contributed by atoms with Gasteiger partial charge < -0.3 is 20.1 Å². The van der Waals surface area contributed by atoms with Crippen LogP contribution in [0.15, 0.2) is 12.1 Å². The molecule has 2 aliphatic heterocycles. The van der Waals surface area contributed by atoms with E-state index in [9.17, 15) is 14.9 Å². The number of nitrogens with zero attached hydrogens (tertiary/aromatic N) is 1. The predicted octanol–water partition coefficient (Wildman–Crippen LogP) is 1.13. The Morgan fingerprint density at radius 1 is 1.45 bits per heavy atom. The molecule has 0 radical (unpaired) electrons. The van der Waals surface area contributed by atoms with Crippen LogP contribution in [0.25, 0.3) is 0 Å². The fourth-order valence-electron chi connectivity index (χ4n) is 2.25. The number of hydrogen-bond donors (Lipinski definition) is 2. The maximum absolute atomic E-state index is 11.3. The largest absolute Gasteiger partial charge is 0.481 e. The van der Waals surface area contributed by atoms with Crippen LogP contribution in [0.5, 0.6) is 5.75 Å². The number of ether oxygens (including phenoxy) is 2. The summed E-state index contributed by atoms with van der Waals surface area (Å²) >= 11 is 0. The van der Waals surface area contributed by atoms with E-state index in [1.165, 1.54) is 12.1 Å². The zero-order valence-electron chi connectivity index (χ0n) is 10.5. The Labute approximate surface area is 114 Å². The average Bonchev–Trinajstić information content (AvgIpc) is 2.90. The second kappa shape index (κ2) is 4.97. The number of fused-ring (bicyclic) bond motifs is 1. The molecule has 20 heavy (non-hydrogen) atoms. The minimum absolute atomic E-state index is 0.0342. The second-order valence-electron chi connectivity index (χ2n) is 4.66. The van der Waals surface area contributed by atoms with E-state index in [2.05, 4.69) is 10.6 Å². The van der Waals surface area contributed by atoms with Gasteiger partial charge in [0, 0.05) is 6.61 Å². The van der Waals surface area contributed by atoms with E-state index >= 15 is 0 Å². The zero-order valence-corrected chi connectivity index (χ0v) is 10.5. The summed E-state index contributed by atoms with van der Waals surface area (Å²) in [4.78, 5) is 22.0. The minimum Gasteiger partial charge on any atom is -0.481 e. The van der Waals surface area contributed by atoms with Gasteiger partial charge in [0.2, 0.25) is 0 Å². The molecule has 0 saturated carbocycles. The van der Waals surface area contributed by atoms with Crippen LogP contribution in [0, 0.1) is 10.1 Å². The fraction of sp³-hybridized carbons (Fsp3) is 0.417. The highest BCUT2D eigenvalue weighted by Gasteiger charge is 2.26. The summed E-state index contributed by atoms with van der Waals surface area (Å²) in [5, 5.41) is 16.9. The van der Waals surface area contributed by atoms with Gasteiger partial charge in [0.15, 0.2) is 12.4 Å². The van der Waals surface area contributed by atoms with Crippen molar-refractivity contribution in [2.75, 3.05) is 30.5 Å². The highest BCUT2D eigenvalue weighted by Crippen LogP contribution is 2.38. The van der Waals surface area contributed by atoms with E-state index in [0.717, 1.165) is 6.42 Å². The van der Waals surface area contributed by atoms with Crippen molar-refractivity contribution in [3.05, 3.63) is 22.2 Å². The Morgan fingerprint density at radius 2 is 2.30 bits per heavy atom. The summed E-state index contributed by atoms with van der Waals surface area (Å²) in [5.74, 6) is 0.0334. The topological polar surface area (TPSA) is 103 Å². The molecule has 0 bridgehead atoms. The van der Waals surface area contributed by atoms with Crippen molar-refractivity contribution in [3.8, 4) is 5.75 Å². The molecule has 0 aliphatic carbocycles. The van der Waals surface area contributed by atoms with Crippen molar-refractivity contribution in [2.24, 2.45) is 0 Å². The average molecular weight is 279 g/mol. The van der Waals surface area contributed by atoms with E-state index in [0.29, 0.717) is 30.3 Å². The summed E-state index contributed by atoms with van der Waals surface area (Å²) < 4.78 is 10.4. The van der Waals surface area contributed by atoms with Crippen molar-refractivity contribution in [1.82, 2.24) is 0 Å². The Kier molecular flexibility index (Phi) is 3.15. The SMILES string of the molecule is O=C1COc2cc([N+](=O)[O-])c(NC3CCOC3)cc2N1. The third-order valence-corrected chi connectivity index (χ3v) is 3.22. The smallest absolute Gasteiger partial charge is 0.296 e. The van der Waals surface area contributed by atoms with E-state index < -0.39 is 4.92 Å². The lowest BCUT2D eigenvalue weighted by Gasteiger charge is -2.20. The molecular formula is C12H13N3O5. The van der Waals surface area contributed by atoms with Crippen molar-refractivity contribution < 1.29 is 19.2 Å². The van der Waals surface area contributed by atoms with Crippen LogP contribution in [0.1, 0.15) is 6.42 Å². The van der Waals surface area contributed by atoms with Crippen LogP contribution in [-0.4, -0.2) is 36.7 Å². The van der Waals surface area contributed by atoms with E-state index in [1.807, 2.05) is 0 Å². The first-order valence-electron chi connectivity index (χ1n) is 6.23. The first-order chi connectivity index (χ1) is 9.63. The molecule has 2 N–H and O–H groups in total. The molecule has 2 aliphatic rings. The number of nitrogens with one attached hydrogen (secondary N) is 2. The molecule has 8 nitrogen and oxygen atoms in total. The number of rotatable bonds is 3. The van der Waals surface area contributed by atoms with Crippen molar-refractivity contribution in [1.29, 1.82) is 0 Å². The van der Waals surface area contributed by atoms with Gasteiger partial charge in [-0.25, -0.2) is 0 Å². The molecule has 0 aromatic heterocycles. The van der Waals surface area contributed by atoms with Gasteiger partial charge in [0.05, 0.1) is 29.3 Å². The normalized spacial score (nSPS) is 20.8. The molecule has 1 aromatic carbocycles. The number of amides is 1. The van der Waals surface area contributed by atoms with Gasteiger partial charge >= 0.3 is 0 Å². The van der Waals surface area contributed by atoms with Gasteiger partial charge in [-0.3, -0.25) is 14.9 Å². The van der Waals surface area contributed by atoms with Crippen LogP contribution in [0.4, 0.5) is 17.1 Å². The molecule has 1 fully saturated rings. The standard InChI is InChI=1S/C12H13N3O5/c16-12-6-20-11-4-10(15(17)18)8(3-9(11)14-12)13-7-1-2-19-5-7/h3-4,7,13H,1-2,5-6H2,(H,14,16). The molecule has 1 atom stereocenters. The maximum atomic E-state index is 11.3. The fourth-order valence-corrected chi connectivity index (χ4v) is 2.25. The van der Waals surface area contributed by atoms with Crippen molar-refractivity contribution in [3.63, 3.8) is 0 Å². The maximum Gasteiger partial charge on any atom is 0.296 e. The second-order valence-corrected chi connectivity index (χ2v) is 4.66. The van der Waals surface area contributed by atoms with Crippen LogP contribution in [-0.2, 0) is 9.53 Å². The number of benzene rings is 1. The monoisotopic (exact) mass is 279 g/mol. The number of carbonyl (C=O) groups is 1. The first kappa shape index (κ1) is 12.7. The Bertz CT molecular complexity index is 568. The highest BCUT2D eigenvalue weighted by atomic mass is 16.6. The Balaban J connectivity index is 1.95. The van der Waals surface area contributed by atoms with E-state index in [1.54, 1.807) is 0 Å². The van der Waals surface area contributed by atoms with Gasteiger partial charge in [-0.1, -0.05) is 0 Å². The summed E-state index contributed by atoms with van der Waals surface area (Å²) in [5.41, 5.74) is 0.718. The van der Waals surface area contributed by atoms with E-state index in [-0.39, 0.29) is 24.2 Å². The molecule has 1 amide bonds. The Hall–Kier alpha value is -2.35. The quantitative estimate of drug-likeness (QED) is 0.635. The van der Waals surface area contributed by atoms with Crippen LogP contribution < -0.4 is 15.4 Å². The first-order valence-corrected chi connectivity index (χ1v) is 6.23. The third kappa shape index (κ3) is 2.37. The zero-order chi connectivity index (χ0) is 14.1. The van der Waals surface area contributed by atoms with Crippen LogP contribution >= 0.6 is 0 Å². The molecule has 3 rings (SSSR count). The molecule has 2 heterocycles. The summed E-state index contributed by atoms with van der Waals surface area (Å²) in [6.07, 6.45) is 0.789. The Morgan fingerprint density at radius 3 is 3.00 bits per heavy atom. The lowest BCUT2D eigenvalue weighted by Crippen LogP contribution is -2.26. The lowest BCUT2D eigenvalue weighted by atomic mass is 10.1. The number of nitro benzene ring substituents is 1. The number of carbonyl (C=O) groups excluding carboxylic acids is 1. The minimum atomic E-state index is -0.474. The molecular weight excluding hydrogens is 266 g/mol. The summed E-state index contributed by atoms with van der Waals surface area (Å²) in [6.45, 7) is 1.01. The van der Waals surface area contributed by atoms with Gasteiger partial charge in [0.1, 0.15) is 5.69 Å².